The standard InChI is InChI=1S/C14H10Cl2F3N3O2S/c1-7-22-12(14(17,18)19)11(25-7)13(23)20-6-21-24-5-8-2-3-9(15)4-10(8)16/h2-4,6H,5H2,1H3,(H,20,21,23). The molecule has 5 nitrogen and oxygen atoms in total. The molecular weight excluding hydrogens is 402 g/mol. The van der Waals surface area contributed by atoms with Gasteiger partial charge in [-0.15, -0.1) is 11.3 Å². The van der Waals surface area contributed by atoms with E-state index < -0.39 is 22.7 Å². The van der Waals surface area contributed by atoms with Crippen molar-refractivity contribution in [2.75, 3.05) is 0 Å². The molecule has 25 heavy (non-hydrogen) atoms. The van der Waals surface area contributed by atoms with Crippen LogP contribution in [0, 0.1) is 6.92 Å². The molecule has 1 aromatic carbocycles. The smallest absolute Gasteiger partial charge is 0.390 e. The zero-order valence-corrected chi connectivity index (χ0v) is 14.9. The highest BCUT2D eigenvalue weighted by molar-refractivity contribution is 7.13. The summed E-state index contributed by atoms with van der Waals surface area (Å²) in [7, 11) is 0. The van der Waals surface area contributed by atoms with Gasteiger partial charge in [-0.3, -0.25) is 4.79 Å². The molecule has 0 aliphatic rings. The molecule has 0 atom stereocenters. The molecule has 0 radical (unpaired) electrons. The molecule has 1 heterocycles. The average molecular weight is 412 g/mol. The number of amides is 1. The van der Waals surface area contributed by atoms with E-state index >= 15 is 0 Å². The number of aryl methyl sites for hydroxylation is 1. The van der Waals surface area contributed by atoms with Gasteiger partial charge in [-0.2, -0.15) is 13.2 Å². The van der Waals surface area contributed by atoms with Gasteiger partial charge in [0.15, 0.2) is 5.69 Å². The van der Waals surface area contributed by atoms with Crippen molar-refractivity contribution in [3.8, 4) is 0 Å². The maximum atomic E-state index is 12.8. The molecule has 0 unspecified atom stereocenters. The summed E-state index contributed by atoms with van der Waals surface area (Å²) in [6.07, 6.45) is -3.86. The fourth-order valence-electron chi connectivity index (χ4n) is 1.71. The summed E-state index contributed by atoms with van der Waals surface area (Å²) in [5.74, 6) is -0.977. The Hall–Kier alpha value is -1.84. The number of halogens is 5. The van der Waals surface area contributed by atoms with Gasteiger partial charge in [0, 0.05) is 15.6 Å². The first-order chi connectivity index (χ1) is 11.7. The van der Waals surface area contributed by atoms with E-state index in [4.69, 9.17) is 28.0 Å². The van der Waals surface area contributed by atoms with E-state index in [2.05, 4.69) is 15.5 Å². The monoisotopic (exact) mass is 411 g/mol. The van der Waals surface area contributed by atoms with E-state index in [1.54, 1.807) is 12.1 Å². The quantitative estimate of drug-likeness (QED) is 0.441. The molecule has 0 fully saturated rings. The fraction of sp³-hybridized carbons (Fsp3) is 0.214. The lowest BCUT2D eigenvalue weighted by molar-refractivity contribution is -0.141. The second-order valence-electron chi connectivity index (χ2n) is 4.63. The molecule has 2 aromatic rings. The Morgan fingerprint density at radius 1 is 1.44 bits per heavy atom. The summed E-state index contributed by atoms with van der Waals surface area (Å²) in [4.78, 5) is 19.5. The van der Waals surface area contributed by atoms with Crippen molar-refractivity contribution >= 4 is 46.8 Å². The second kappa shape index (κ2) is 8.03. The van der Waals surface area contributed by atoms with Crippen LogP contribution < -0.4 is 5.32 Å². The summed E-state index contributed by atoms with van der Waals surface area (Å²) < 4.78 is 38.4. The number of hydrogen-bond acceptors (Lipinski definition) is 5. The van der Waals surface area contributed by atoms with Crippen LogP contribution in [-0.4, -0.2) is 17.2 Å². The minimum absolute atomic E-state index is 0.00413. The van der Waals surface area contributed by atoms with Gasteiger partial charge in [0.2, 0.25) is 0 Å². The Morgan fingerprint density at radius 3 is 2.80 bits per heavy atom. The molecule has 0 saturated carbocycles. The van der Waals surface area contributed by atoms with E-state index in [9.17, 15) is 18.0 Å². The number of carbonyl (C=O) groups is 1. The maximum Gasteiger partial charge on any atom is 0.435 e. The minimum atomic E-state index is -4.71. The lowest BCUT2D eigenvalue weighted by Crippen LogP contribution is -2.24. The highest BCUT2D eigenvalue weighted by Gasteiger charge is 2.39. The summed E-state index contributed by atoms with van der Waals surface area (Å²) >= 11 is 12.3. The van der Waals surface area contributed by atoms with Crippen molar-refractivity contribution in [1.29, 1.82) is 0 Å². The van der Waals surface area contributed by atoms with Gasteiger partial charge in [-0.1, -0.05) is 34.4 Å². The SMILES string of the molecule is Cc1nc(C(F)(F)F)c(C(=O)N/C=N/OCc2ccc(Cl)cc2Cl)s1. The number of nitrogens with one attached hydrogen (secondary N) is 1. The third-order valence-corrected chi connectivity index (χ3v) is 4.32. The zero-order chi connectivity index (χ0) is 18.6. The summed E-state index contributed by atoms with van der Waals surface area (Å²) in [6.45, 7) is 1.37. The van der Waals surface area contributed by atoms with Crippen LogP contribution in [0.2, 0.25) is 10.0 Å². The summed E-state index contributed by atoms with van der Waals surface area (Å²) in [6, 6.07) is 4.77. The first-order valence-electron chi connectivity index (χ1n) is 6.61. The first-order valence-corrected chi connectivity index (χ1v) is 8.19. The number of hydrogen-bond donors (Lipinski definition) is 1. The lowest BCUT2D eigenvalue weighted by Gasteiger charge is -2.05. The largest absolute Gasteiger partial charge is 0.435 e. The van der Waals surface area contributed by atoms with Crippen LogP contribution in [0.15, 0.2) is 23.4 Å². The van der Waals surface area contributed by atoms with E-state index in [-0.39, 0.29) is 11.6 Å². The van der Waals surface area contributed by atoms with Crippen molar-refractivity contribution in [3.05, 3.63) is 49.4 Å². The van der Waals surface area contributed by atoms with Gasteiger partial charge >= 0.3 is 6.18 Å². The van der Waals surface area contributed by atoms with Crippen LogP contribution in [0.25, 0.3) is 0 Å². The van der Waals surface area contributed by atoms with E-state index in [1.807, 2.05) is 0 Å². The van der Waals surface area contributed by atoms with Crippen LogP contribution in [0.5, 0.6) is 0 Å². The molecule has 0 aliphatic heterocycles. The number of rotatable bonds is 5. The average Bonchev–Trinajstić information content (AvgIpc) is 2.91. The van der Waals surface area contributed by atoms with Gasteiger partial charge in [-0.05, 0) is 19.1 Å². The maximum absolute atomic E-state index is 12.8. The van der Waals surface area contributed by atoms with Gasteiger partial charge in [0.1, 0.15) is 17.8 Å². The van der Waals surface area contributed by atoms with Gasteiger partial charge in [-0.25, -0.2) is 4.98 Å². The Labute approximate surface area is 154 Å². The van der Waals surface area contributed by atoms with Crippen molar-refractivity contribution in [1.82, 2.24) is 10.3 Å². The van der Waals surface area contributed by atoms with Crippen LogP contribution >= 0.6 is 34.5 Å². The lowest BCUT2D eigenvalue weighted by atomic mass is 10.2. The van der Waals surface area contributed by atoms with E-state index in [0.29, 0.717) is 26.9 Å². The van der Waals surface area contributed by atoms with E-state index in [0.717, 1.165) is 6.34 Å². The van der Waals surface area contributed by atoms with Gasteiger partial charge in [0.25, 0.3) is 5.91 Å². The third kappa shape index (κ3) is 5.32. The van der Waals surface area contributed by atoms with E-state index in [1.165, 1.54) is 13.0 Å². The molecule has 2 rings (SSSR count). The predicted octanol–water partition coefficient (Wildman–Crippen LogP) is 4.67. The van der Waals surface area contributed by atoms with Crippen LogP contribution in [0.3, 0.4) is 0 Å². The van der Waals surface area contributed by atoms with Gasteiger partial charge in [0.05, 0.1) is 5.01 Å². The first kappa shape index (κ1) is 19.5. The number of carbonyl (C=O) groups excluding carboxylic acids is 1. The number of aromatic nitrogens is 1. The predicted molar refractivity (Wildman–Crippen MR) is 89.1 cm³/mol. The number of benzene rings is 1. The molecule has 0 spiro atoms. The van der Waals surface area contributed by atoms with Gasteiger partial charge < -0.3 is 10.2 Å². The normalized spacial score (nSPS) is 11.8. The highest BCUT2D eigenvalue weighted by atomic mass is 35.5. The topological polar surface area (TPSA) is 63.6 Å². The van der Waals surface area contributed by atoms with Crippen LogP contribution in [-0.2, 0) is 17.6 Å². The summed E-state index contributed by atoms with van der Waals surface area (Å²) in [5, 5.41) is 6.51. The Bertz CT molecular complexity index is 809. The zero-order valence-electron chi connectivity index (χ0n) is 12.5. The molecule has 1 N–H and O–H groups in total. The Morgan fingerprint density at radius 2 is 2.16 bits per heavy atom. The number of thiazole rings is 1. The molecular formula is C14H10Cl2F3N3O2S. The van der Waals surface area contributed by atoms with Crippen LogP contribution in [0.1, 0.15) is 25.9 Å². The molecule has 134 valence electrons. The van der Waals surface area contributed by atoms with Crippen molar-refractivity contribution in [2.24, 2.45) is 5.16 Å². The highest BCUT2D eigenvalue weighted by Crippen LogP contribution is 2.34. The molecule has 0 bridgehead atoms. The fourth-order valence-corrected chi connectivity index (χ4v) is 3.01. The minimum Gasteiger partial charge on any atom is -0.390 e. The van der Waals surface area contributed by atoms with Crippen LogP contribution in [0.4, 0.5) is 13.2 Å². The van der Waals surface area contributed by atoms with Crippen molar-refractivity contribution in [3.63, 3.8) is 0 Å². The molecule has 0 aliphatic carbocycles. The third-order valence-electron chi connectivity index (χ3n) is 2.77. The van der Waals surface area contributed by atoms with Crippen molar-refractivity contribution < 1.29 is 22.8 Å². The number of alkyl halides is 3. The molecule has 1 amide bonds. The molecule has 1 aromatic heterocycles. The summed E-state index contributed by atoms with van der Waals surface area (Å²) in [5.41, 5.74) is -0.623. The Kier molecular flexibility index (Phi) is 6.26. The second-order valence-corrected chi connectivity index (χ2v) is 6.67. The molecule has 11 heteroatoms. The molecule has 0 saturated heterocycles. The number of nitrogens with zero attached hydrogens (tertiary/aromatic N) is 2. The number of oxime groups is 1. The van der Waals surface area contributed by atoms with Crippen molar-refractivity contribution in [2.45, 2.75) is 19.7 Å². The Balaban J connectivity index is 1.93.